The Bertz CT molecular complexity index is 517. The van der Waals surface area contributed by atoms with Crippen LogP contribution in [0.1, 0.15) is 36.2 Å². The summed E-state index contributed by atoms with van der Waals surface area (Å²) in [6.07, 6.45) is 5.43. The number of benzene rings is 1. The van der Waals surface area contributed by atoms with E-state index < -0.39 is 6.10 Å². The Morgan fingerprint density at radius 1 is 1.21 bits per heavy atom. The highest BCUT2D eigenvalue weighted by Crippen LogP contribution is 2.23. The summed E-state index contributed by atoms with van der Waals surface area (Å²) in [5, 5.41) is 13.7. The van der Waals surface area contributed by atoms with Gasteiger partial charge in [0, 0.05) is 12.2 Å². The standard InChI is InChI=1S/C15H19N3O/c19-15(12-4-2-1-3-5-12)14-10-18(11-17-14)13-6-8-16-9-7-13/h1-5,10-11,13,15-16,19H,6-9H2. The zero-order chi connectivity index (χ0) is 13.1. The minimum Gasteiger partial charge on any atom is -0.382 e. The van der Waals surface area contributed by atoms with Crippen molar-refractivity contribution in [2.24, 2.45) is 0 Å². The molecule has 4 heteroatoms. The lowest BCUT2D eigenvalue weighted by atomic mass is 10.1. The van der Waals surface area contributed by atoms with Gasteiger partial charge in [0.25, 0.3) is 0 Å². The SMILES string of the molecule is OC(c1ccccc1)c1cn(C2CCNCC2)cn1. The minimum absolute atomic E-state index is 0.505. The predicted octanol–water partition coefficient (Wildman–Crippen LogP) is 1.89. The number of aromatic nitrogens is 2. The number of aliphatic hydroxyl groups excluding tert-OH is 1. The Balaban J connectivity index is 1.77. The highest BCUT2D eigenvalue weighted by atomic mass is 16.3. The van der Waals surface area contributed by atoms with Gasteiger partial charge in [0.15, 0.2) is 0 Å². The van der Waals surface area contributed by atoms with Crippen LogP contribution in [0.3, 0.4) is 0 Å². The third kappa shape index (κ3) is 2.69. The molecule has 1 aliphatic rings. The van der Waals surface area contributed by atoms with Gasteiger partial charge in [-0.1, -0.05) is 30.3 Å². The summed E-state index contributed by atoms with van der Waals surface area (Å²) in [4.78, 5) is 4.36. The Morgan fingerprint density at radius 2 is 1.95 bits per heavy atom. The van der Waals surface area contributed by atoms with Gasteiger partial charge in [-0.2, -0.15) is 0 Å². The fraction of sp³-hybridized carbons (Fsp3) is 0.400. The summed E-state index contributed by atoms with van der Waals surface area (Å²) in [6, 6.07) is 10.2. The molecule has 0 saturated carbocycles. The number of imidazole rings is 1. The molecule has 100 valence electrons. The third-order valence-corrected chi connectivity index (χ3v) is 3.75. The lowest BCUT2D eigenvalue weighted by Crippen LogP contribution is -2.28. The normalized spacial score (nSPS) is 18.4. The molecule has 0 spiro atoms. The number of aliphatic hydroxyl groups is 1. The Kier molecular flexibility index (Phi) is 3.62. The molecule has 1 fully saturated rings. The van der Waals surface area contributed by atoms with Crippen LogP contribution in [-0.4, -0.2) is 27.7 Å². The largest absolute Gasteiger partial charge is 0.382 e. The van der Waals surface area contributed by atoms with E-state index in [1.807, 2.05) is 42.9 Å². The van der Waals surface area contributed by atoms with Crippen molar-refractivity contribution in [3.05, 3.63) is 54.1 Å². The van der Waals surface area contributed by atoms with Crippen LogP contribution in [0.25, 0.3) is 0 Å². The molecule has 2 N–H and O–H groups in total. The van der Waals surface area contributed by atoms with E-state index >= 15 is 0 Å². The highest BCUT2D eigenvalue weighted by Gasteiger charge is 2.18. The average Bonchev–Trinajstić information content (AvgIpc) is 2.98. The van der Waals surface area contributed by atoms with E-state index in [9.17, 15) is 5.11 Å². The van der Waals surface area contributed by atoms with Gasteiger partial charge in [-0.3, -0.25) is 0 Å². The molecule has 4 nitrogen and oxygen atoms in total. The molecule has 0 amide bonds. The third-order valence-electron chi connectivity index (χ3n) is 3.75. The van der Waals surface area contributed by atoms with Crippen LogP contribution >= 0.6 is 0 Å². The number of hydrogen-bond acceptors (Lipinski definition) is 3. The number of hydrogen-bond donors (Lipinski definition) is 2. The molecule has 1 atom stereocenters. The molecule has 1 aromatic heterocycles. The minimum atomic E-state index is -0.635. The van der Waals surface area contributed by atoms with Crippen LogP contribution in [-0.2, 0) is 0 Å². The van der Waals surface area contributed by atoms with E-state index in [0.717, 1.165) is 37.2 Å². The number of nitrogens with zero attached hydrogens (tertiary/aromatic N) is 2. The Labute approximate surface area is 113 Å². The summed E-state index contributed by atoms with van der Waals surface area (Å²) in [7, 11) is 0. The number of nitrogens with one attached hydrogen (secondary N) is 1. The summed E-state index contributed by atoms with van der Waals surface area (Å²) in [5.41, 5.74) is 1.61. The van der Waals surface area contributed by atoms with Crippen LogP contribution < -0.4 is 5.32 Å². The lowest BCUT2D eigenvalue weighted by molar-refractivity contribution is 0.215. The second-order valence-corrected chi connectivity index (χ2v) is 5.04. The zero-order valence-corrected chi connectivity index (χ0v) is 10.9. The molecule has 1 aliphatic heterocycles. The molecule has 1 saturated heterocycles. The summed E-state index contributed by atoms with van der Waals surface area (Å²) in [6.45, 7) is 2.11. The second kappa shape index (κ2) is 5.55. The lowest BCUT2D eigenvalue weighted by Gasteiger charge is -2.23. The van der Waals surface area contributed by atoms with Crippen molar-refractivity contribution in [2.45, 2.75) is 25.0 Å². The van der Waals surface area contributed by atoms with Gasteiger partial charge in [0.05, 0.1) is 12.0 Å². The van der Waals surface area contributed by atoms with Gasteiger partial charge in [-0.05, 0) is 31.5 Å². The Hall–Kier alpha value is -1.65. The molecule has 3 rings (SSSR count). The first kappa shape index (κ1) is 12.4. The molecule has 2 aromatic rings. The van der Waals surface area contributed by atoms with E-state index in [1.165, 1.54) is 0 Å². The van der Waals surface area contributed by atoms with E-state index in [-0.39, 0.29) is 0 Å². The molecular weight excluding hydrogens is 238 g/mol. The highest BCUT2D eigenvalue weighted by molar-refractivity contribution is 5.24. The first-order valence-corrected chi connectivity index (χ1v) is 6.81. The summed E-state index contributed by atoms with van der Waals surface area (Å²) in [5.74, 6) is 0. The summed E-state index contributed by atoms with van der Waals surface area (Å²) >= 11 is 0. The topological polar surface area (TPSA) is 50.1 Å². The molecule has 1 aromatic carbocycles. The summed E-state index contributed by atoms with van der Waals surface area (Å²) < 4.78 is 2.14. The van der Waals surface area contributed by atoms with Crippen molar-refractivity contribution >= 4 is 0 Å². The predicted molar refractivity (Wildman–Crippen MR) is 73.9 cm³/mol. The van der Waals surface area contributed by atoms with Crippen LogP contribution in [0.15, 0.2) is 42.9 Å². The molecule has 0 aliphatic carbocycles. The maximum absolute atomic E-state index is 10.3. The fourth-order valence-corrected chi connectivity index (χ4v) is 2.60. The molecule has 19 heavy (non-hydrogen) atoms. The molecule has 1 unspecified atom stereocenters. The number of rotatable bonds is 3. The van der Waals surface area contributed by atoms with Crippen molar-refractivity contribution < 1.29 is 5.11 Å². The van der Waals surface area contributed by atoms with Crippen molar-refractivity contribution in [1.29, 1.82) is 0 Å². The average molecular weight is 257 g/mol. The van der Waals surface area contributed by atoms with E-state index in [1.54, 1.807) is 0 Å². The van der Waals surface area contributed by atoms with Crippen molar-refractivity contribution in [1.82, 2.24) is 14.9 Å². The van der Waals surface area contributed by atoms with Gasteiger partial charge in [0.2, 0.25) is 0 Å². The van der Waals surface area contributed by atoms with E-state index in [0.29, 0.717) is 6.04 Å². The second-order valence-electron chi connectivity index (χ2n) is 5.04. The fourth-order valence-electron chi connectivity index (χ4n) is 2.60. The van der Waals surface area contributed by atoms with Crippen molar-refractivity contribution in [2.75, 3.05) is 13.1 Å². The van der Waals surface area contributed by atoms with Crippen LogP contribution in [0.5, 0.6) is 0 Å². The Morgan fingerprint density at radius 3 is 2.68 bits per heavy atom. The van der Waals surface area contributed by atoms with Crippen molar-refractivity contribution in [3.63, 3.8) is 0 Å². The first-order valence-electron chi connectivity index (χ1n) is 6.81. The van der Waals surface area contributed by atoms with Crippen LogP contribution in [0, 0.1) is 0 Å². The van der Waals surface area contributed by atoms with Gasteiger partial charge < -0.3 is 15.0 Å². The van der Waals surface area contributed by atoms with Gasteiger partial charge in [0.1, 0.15) is 6.10 Å². The van der Waals surface area contributed by atoms with Gasteiger partial charge in [-0.15, -0.1) is 0 Å². The van der Waals surface area contributed by atoms with Gasteiger partial charge >= 0.3 is 0 Å². The quantitative estimate of drug-likeness (QED) is 0.883. The maximum atomic E-state index is 10.3. The van der Waals surface area contributed by atoms with Gasteiger partial charge in [-0.25, -0.2) is 4.98 Å². The molecule has 0 bridgehead atoms. The van der Waals surface area contributed by atoms with Crippen LogP contribution in [0.4, 0.5) is 0 Å². The molecule has 2 heterocycles. The van der Waals surface area contributed by atoms with Crippen LogP contribution in [0.2, 0.25) is 0 Å². The first-order chi connectivity index (χ1) is 9.34. The number of piperidine rings is 1. The molecular formula is C15H19N3O. The smallest absolute Gasteiger partial charge is 0.122 e. The van der Waals surface area contributed by atoms with E-state index in [4.69, 9.17) is 0 Å². The van der Waals surface area contributed by atoms with E-state index in [2.05, 4.69) is 14.9 Å². The maximum Gasteiger partial charge on any atom is 0.122 e. The molecule has 0 radical (unpaired) electrons. The monoisotopic (exact) mass is 257 g/mol. The van der Waals surface area contributed by atoms with Crippen molar-refractivity contribution in [3.8, 4) is 0 Å². The zero-order valence-electron chi connectivity index (χ0n) is 10.9.